The van der Waals surface area contributed by atoms with Crippen molar-refractivity contribution in [2.75, 3.05) is 28.4 Å². The molecule has 5 nitrogen and oxygen atoms in total. The number of rotatable bonds is 8. The van der Waals surface area contributed by atoms with Crippen LogP contribution in [0.15, 0.2) is 30.3 Å². The summed E-state index contributed by atoms with van der Waals surface area (Å²) in [6, 6.07) is 8.48. The summed E-state index contributed by atoms with van der Waals surface area (Å²) in [7, 11) is 6.22. The molecule has 6 heteroatoms. The van der Waals surface area contributed by atoms with Gasteiger partial charge in [-0.2, -0.15) is 0 Å². The monoisotopic (exact) mass is 335 g/mol. The molecule has 0 aliphatic rings. The van der Waals surface area contributed by atoms with E-state index in [2.05, 4.69) is 5.32 Å². The molecule has 0 atom stereocenters. The van der Waals surface area contributed by atoms with Crippen LogP contribution in [0.4, 0.5) is 4.39 Å². The molecule has 2 rings (SSSR count). The molecule has 2 aromatic rings. The maximum Gasteiger partial charge on any atom is 0.168 e. The molecule has 130 valence electrons. The largest absolute Gasteiger partial charge is 0.497 e. The summed E-state index contributed by atoms with van der Waals surface area (Å²) in [4.78, 5) is 0. The Morgan fingerprint density at radius 1 is 0.833 bits per heavy atom. The lowest BCUT2D eigenvalue weighted by Crippen LogP contribution is -2.15. The van der Waals surface area contributed by atoms with Crippen molar-refractivity contribution in [3.8, 4) is 23.0 Å². The lowest BCUT2D eigenvalue weighted by Gasteiger charge is -2.15. The van der Waals surface area contributed by atoms with E-state index in [1.54, 1.807) is 20.3 Å². The SMILES string of the molecule is COc1ccc(CNCc2c(F)ccc(OC)c2OC)c(OC)c1. The molecule has 0 radical (unpaired) electrons. The van der Waals surface area contributed by atoms with E-state index in [9.17, 15) is 4.39 Å². The second-order valence-corrected chi connectivity index (χ2v) is 5.04. The topological polar surface area (TPSA) is 49.0 Å². The van der Waals surface area contributed by atoms with Crippen LogP contribution in [-0.2, 0) is 13.1 Å². The van der Waals surface area contributed by atoms with Crippen LogP contribution >= 0.6 is 0 Å². The van der Waals surface area contributed by atoms with Crippen molar-refractivity contribution in [3.63, 3.8) is 0 Å². The molecule has 1 N–H and O–H groups in total. The molecule has 0 saturated carbocycles. The minimum atomic E-state index is -0.346. The van der Waals surface area contributed by atoms with Crippen molar-refractivity contribution in [2.24, 2.45) is 0 Å². The molecular weight excluding hydrogens is 313 g/mol. The summed E-state index contributed by atoms with van der Waals surface area (Å²) in [6.45, 7) is 0.800. The average Bonchev–Trinajstić information content (AvgIpc) is 2.62. The van der Waals surface area contributed by atoms with E-state index in [-0.39, 0.29) is 5.82 Å². The molecule has 24 heavy (non-hydrogen) atoms. The van der Waals surface area contributed by atoms with Crippen LogP contribution in [0.3, 0.4) is 0 Å². The van der Waals surface area contributed by atoms with Crippen molar-refractivity contribution in [1.82, 2.24) is 5.32 Å². The predicted octanol–water partition coefficient (Wildman–Crippen LogP) is 3.15. The van der Waals surface area contributed by atoms with Gasteiger partial charge in [-0.25, -0.2) is 4.39 Å². The lowest BCUT2D eigenvalue weighted by molar-refractivity contribution is 0.346. The van der Waals surface area contributed by atoms with E-state index in [1.807, 2.05) is 18.2 Å². The smallest absolute Gasteiger partial charge is 0.168 e. The van der Waals surface area contributed by atoms with Gasteiger partial charge in [-0.1, -0.05) is 6.07 Å². The molecule has 2 aromatic carbocycles. The summed E-state index contributed by atoms with van der Waals surface area (Å²) in [5.41, 5.74) is 1.37. The summed E-state index contributed by atoms with van der Waals surface area (Å²) >= 11 is 0. The molecule has 0 unspecified atom stereocenters. The number of halogens is 1. The number of ether oxygens (including phenoxy) is 4. The second-order valence-electron chi connectivity index (χ2n) is 5.04. The number of methoxy groups -OCH3 is 4. The Labute approximate surface area is 141 Å². The first-order valence-corrected chi connectivity index (χ1v) is 7.45. The van der Waals surface area contributed by atoms with Gasteiger partial charge in [0, 0.05) is 30.3 Å². The van der Waals surface area contributed by atoms with Crippen LogP contribution in [0.5, 0.6) is 23.0 Å². The second kappa shape index (κ2) is 8.40. The van der Waals surface area contributed by atoms with Crippen LogP contribution in [0.2, 0.25) is 0 Å². The third-order valence-corrected chi connectivity index (χ3v) is 3.70. The van der Waals surface area contributed by atoms with Gasteiger partial charge in [0.05, 0.1) is 28.4 Å². The van der Waals surface area contributed by atoms with Crippen molar-refractivity contribution in [1.29, 1.82) is 0 Å². The van der Waals surface area contributed by atoms with Crippen LogP contribution in [0.25, 0.3) is 0 Å². The number of hydrogen-bond donors (Lipinski definition) is 1. The molecule has 0 heterocycles. The molecule has 0 aliphatic heterocycles. The van der Waals surface area contributed by atoms with Crippen molar-refractivity contribution in [3.05, 3.63) is 47.3 Å². The third kappa shape index (κ3) is 3.89. The number of benzene rings is 2. The van der Waals surface area contributed by atoms with Gasteiger partial charge >= 0.3 is 0 Å². The van der Waals surface area contributed by atoms with Crippen LogP contribution in [0.1, 0.15) is 11.1 Å². The van der Waals surface area contributed by atoms with E-state index in [1.165, 1.54) is 20.3 Å². The van der Waals surface area contributed by atoms with Gasteiger partial charge in [0.25, 0.3) is 0 Å². The highest BCUT2D eigenvalue weighted by Crippen LogP contribution is 2.33. The first kappa shape index (κ1) is 17.9. The first-order valence-electron chi connectivity index (χ1n) is 7.45. The van der Waals surface area contributed by atoms with Crippen LogP contribution in [-0.4, -0.2) is 28.4 Å². The highest BCUT2D eigenvalue weighted by Gasteiger charge is 2.15. The summed E-state index contributed by atoms with van der Waals surface area (Å²) in [5.74, 6) is 1.97. The molecule has 0 amide bonds. The van der Waals surface area contributed by atoms with Crippen LogP contribution < -0.4 is 24.3 Å². The standard InChI is InChI=1S/C18H22FNO4/c1-21-13-6-5-12(17(9-13)23-3)10-20-11-14-15(19)7-8-16(22-2)18(14)24-4/h5-9,20H,10-11H2,1-4H3. The van der Waals surface area contributed by atoms with Crippen molar-refractivity contribution in [2.45, 2.75) is 13.1 Å². The Morgan fingerprint density at radius 3 is 2.21 bits per heavy atom. The Hall–Kier alpha value is -2.47. The lowest BCUT2D eigenvalue weighted by atomic mass is 10.1. The Balaban J connectivity index is 2.12. The first-order chi connectivity index (χ1) is 11.6. The molecule has 0 fully saturated rings. The maximum atomic E-state index is 14.1. The van der Waals surface area contributed by atoms with Crippen molar-refractivity contribution < 1.29 is 23.3 Å². The number of nitrogens with one attached hydrogen (secondary N) is 1. The molecule has 0 saturated heterocycles. The summed E-state index contributed by atoms with van der Waals surface area (Å²) in [5, 5.41) is 3.20. The van der Waals surface area contributed by atoms with Gasteiger partial charge in [-0.15, -0.1) is 0 Å². The van der Waals surface area contributed by atoms with E-state index in [4.69, 9.17) is 18.9 Å². The van der Waals surface area contributed by atoms with Gasteiger partial charge in [-0.05, 0) is 18.2 Å². The number of hydrogen-bond acceptors (Lipinski definition) is 5. The molecule has 0 aliphatic carbocycles. The highest BCUT2D eigenvalue weighted by molar-refractivity contribution is 5.47. The minimum Gasteiger partial charge on any atom is -0.497 e. The van der Waals surface area contributed by atoms with E-state index in [0.717, 1.165) is 11.3 Å². The molecule has 0 bridgehead atoms. The molecule has 0 spiro atoms. The maximum absolute atomic E-state index is 14.1. The zero-order chi connectivity index (χ0) is 17.5. The van der Waals surface area contributed by atoms with Crippen LogP contribution in [0, 0.1) is 5.82 Å². The van der Waals surface area contributed by atoms with E-state index < -0.39 is 0 Å². The summed E-state index contributed by atoms with van der Waals surface area (Å²) in [6.07, 6.45) is 0. The quantitative estimate of drug-likeness (QED) is 0.803. The van der Waals surface area contributed by atoms with Gasteiger partial charge in [0.1, 0.15) is 17.3 Å². The van der Waals surface area contributed by atoms with Crippen molar-refractivity contribution >= 4 is 0 Å². The zero-order valence-electron chi connectivity index (χ0n) is 14.3. The predicted molar refractivity (Wildman–Crippen MR) is 89.6 cm³/mol. The highest BCUT2D eigenvalue weighted by atomic mass is 19.1. The van der Waals surface area contributed by atoms with E-state index in [0.29, 0.717) is 35.9 Å². The fraction of sp³-hybridized carbons (Fsp3) is 0.333. The normalized spacial score (nSPS) is 10.4. The average molecular weight is 335 g/mol. The van der Waals surface area contributed by atoms with Gasteiger partial charge in [0.15, 0.2) is 11.5 Å². The molecule has 0 aromatic heterocycles. The fourth-order valence-corrected chi connectivity index (χ4v) is 2.45. The third-order valence-electron chi connectivity index (χ3n) is 3.70. The van der Waals surface area contributed by atoms with Gasteiger partial charge < -0.3 is 24.3 Å². The zero-order valence-corrected chi connectivity index (χ0v) is 14.3. The Kier molecular flexibility index (Phi) is 6.26. The molecular formula is C18H22FNO4. The minimum absolute atomic E-state index is 0.293. The van der Waals surface area contributed by atoms with Gasteiger partial charge in [0.2, 0.25) is 0 Å². The summed E-state index contributed by atoms with van der Waals surface area (Å²) < 4.78 is 35.1. The Bertz CT molecular complexity index is 691. The van der Waals surface area contributed by atoms with Gasteiger partial charge in [-0.3, -0.25) is 0 Å². The fourth-order valence-electron chi connectivity index (χ4n) is 2.45. The Morgan fingerprint density at radius 2 is 1.58 bits per heavy atom. The van der Waals surface area contributed by atoms with E-state index >= 15 is 0 Å².